The highest BCUT2D eigenvalue weighted by Crippen LogP contribution is 2.36. The fraction of sp³-hybridized carbons (Fsp3) is 0. The van der Waals surface area contributed by atoms with E-state index in [1.165, 1.54) is 24.3 Å². The van der Waals surface area contributed by atoms with Crippen LogP contribution in [0.5, 0.6) is 5.75 Å². The molecule has 2 aromatic carbocycles. The van der Waals surface area contributed by atoms with Crippen LogP contribution in [0, 0.1) is 5.39 Å². The second-order valence-corrected chi connectivity index (χ2v) is 4.03. The Labute approximate surface area is 93.2 Å². The van der Waals surface area contributed by atoms with Crippen molar-refractivity contribution >= 4 is 27.5 Å². The summed E-state index contributed by atoms with van der Waals surface area (Å²) in [6.45, 7) is 0. The summed E-state index contributed by atoms with van der Waals surface area (Å²) >= 11 is -2.37. The van der Waals surface area contributed by atoms with Crippen molar-refractivity contribution in [3.8, 4) is 5.75 Å². The zero-order chi connectivity index (χ0) is 11.7. The number of phenolic OH excluding ortho intramolecular Hbond substituents is 1. The van der Waals surface area contributed by atoms with Gasteiger partial charge in [-0.2, -0.15) is 0 Å². The van der Waals surface area contributed by atoms with Gasteiger partial charge in [-0.25, -0.2) is 0 Å². The van der Waals surface area contributed by atoms with Crippen LogP contribution in [-0.2, 0) is 11.1 Å². The van der Waals surface area contributed by atoms with Crippen LogP contribution < -0.4 is 0 Å². The Morgan fingerprint density at radius 2 is 2.00 bits per heavy atom. The SMILES string of the molecule is N#[N+]c1ccc2c(S(=O)[O-])cccc2c1O. The smallest absolute Gasteiger partial charge is 0.426 e. The second-order valence-electron chi connectivity index (χ2n) is 3.12. The first-order valence-electron chi connectivity index (χ1n) is 4.34. The zero-order valence-corrected chi connectivity index (χ0v) is 8.77. The molecular weight excluding hydrogens is 228 g/mol. The molecule has 1 atom stereocenters. The molecule has 1 N–H and O–H groups in total. The van der Waals surface area contributed by atoms with Crippen LogP contribution in [-0.4, -0.2) is 13.9 Å². The van der Waals surface area contributed by atoms with Gasteiger partial charge in [0, 0.05) is 21.7 Å². The van der Waals surface area contributed by atoms with E-state index < -0.39 is 11.1 Å². The molecule has 0 aliphatic carbocycles. The molecule has 2 aromatic rings. The summed E-state index contributed by atoms with van der Waals surface area (Å²) in [5.41, 5.74) is 0.00123. The molecule has 0 spiro atoms. The lowest BCUT2D eigenvalue weighted by molar-refractivity contribution is 0.484. The number of fused-ring (bicyclic) bond motifs is 1. The fourth-order valence-corrected chi connectivity index (χ4v) is 2.07. The lowest BCUT2D eigenvalue weighted by Gasteiger charge is -2.08. The van der Waals surface area contributed by atoms with E-state index in [9.17, 15) is 13.9 Å². The maximum Gasteiger partial charge on any atom is 0.426 e. The molecule has 80 valence electrons. The quantitative estimate of drug-likeness (QED) is 0.605. The first-order chi connectivity index (χ1) is 7.65. The number of benzene rings is 2. The number of hydrogen-bond donors (Lipinski definition) is 1. The molecular formula is C10H6N2O3S. The maximum atomic E-state index is 10.9. The van der Waals surface area contributed by atoms with Crippen molar-refractivity contribution in [3.05, 3.63) is 35.3 Å². The minimum atomic E-state index is -2.37. The molecule has 0 radical (unpaired) electrons. The number of diazo groups is 1. The van der Waals surface area contributed by atoms with E-state index in [2.05, 4.69) is 4.98 Å². The molecule has 0 amide bonds. The van der Waals surface area contributed by atoms with Gasteiger partial charge in [-0.1, -0.05) is 12.1 Å². The van der Waals surface area contributed by atoms with Crippen LogP contribution in [0.1, 0.15) is 0 Å². The van der Waals surface area contributed by atoms with E-state index in [-0.39, 0.29) is 16.3 Å². The summed E-state index contributed by atoms with van der Waals surface area (Å²) in [6.07, 6.45) is 0. The minimum absolute atomic E-state index is 0.00123. The van der Waals surface area contributed by atoms with Crippen molar-refractivity contribution in [2.24, 2.45) is 0 Å². The van der Waals surface area contributed by atoms with Gasteiger partial charge in [-0.15, -0.1) is 0 Å². The monoisotopic (exact) mass is 234 g/mol. The first kappa shape index (κ1) is 10.5. The molecule has 6 heteroatoms. The Bertz CT molecular complexity index is 634. The Balaban J connectivity index is 2.89. The second kappa shape index (κ2) is 3.89. The van der Waals surface area contributed by atoms with Crippen molar-refractivity contribution in [1.82, 2.24) is 0 Å². The standard InChI is InChI=1S/C10H6N2O3S/c11-12-8-5-4-6-7(10(8)13)2-1-3-9(6)16(14)15/h1-5H,(H-,13,14,15). The predicted octanol–water partition coefficient (Wildman–Crippen LogP) is 2.27. The van der Waals surface area contributed by atoms with Crippen LogP contribution >= 0.6 is 0 Å². The molecule has 0 heterocycles. The average Bonchev–Trinajstić information content (AvgIpc) is 2.29. The molecule has 5 nitrogen and oxygen atoms in total. The summed E-state index contributed by atoms with van der Waals surface area (Å²) < 4.78 is 21.9. The molecule has 0 aliphatic heterocycles. The van der Waals surface area contributed by atoms with Gasteiger partial charge in [0.1, 0.15) is 0 Å². The fourth-order valence-electron chi connectivity index (χ4n) is 1.53. The first-order valence-corrected chi connectivity index (χ1v) is 5.41. The van der Waals surface area contributed by atoms with Crippen LogP contribution in [0.25, 0.3) is 15.7 Å². The van der Waals surface area contributed by atoms with E-state index in [4.69, 9.17) is 5.39 Å². The van der Waals surface area contributed by atoms with Crippen molar-refractivity contribution in [1.29, 1.82) is 5.39 Å². The van der Waals surface area contributed by atoms with Crippen LogP contribution in [0.15, 0.2) is 35.2 Å². The van der Waals surface area contributed by atoms with E-state index in [1.807, 2.05) is 0 Å². The highest BCUT2D eigenvalue weighted by atomic mass is 32.2. The van der Waals surface area contributed by atoms with Crippen LogP contribution in [0.2, 0.25) is 0 Å². The molecule has 0 aromatic heterocycles. The molecule has 1 unspecified atom stereocenters. The van der Waals surface area contributed by atoms with Crippen molar-refractivity contribution in [2.75, 3.05) is 0 Å². The van der Waals surface area contributed by atoms with Crippen LogP contribution in [0.3, 0.4) is 0 Å². The third kappa shape index (κ3) is 1.52. The van der Waals surface area contributed by atoms with Gasteiger partial charge in [-0.05, 0) is 23.2 Å². The topological polar surface area (TPSA) is 88.5 Å². The van der Waals surface area contributed by atoms with Gasteiger partial charge < -0.3 is 9.66 Å². The molecule has 16 heavy (non-hydrogen) atoms. The molecule has 0 bridgehead atoms. The minimum Gasteiger partial charge on any atom is -0.768 e. The third-order valence-electron chi connectivity index (χ3n) is 2.26. The number of phenols is 1. The lowest BCUT2D eigenvalue weighted by Crippen LogP contribution is -1.90. The normalized spacial score (nSPS) is 12.2. The molecule has 0 saturated heterocycles. The van der Waals surface area contributed by atoms with Gasteiger partial charge in [0.25, 0.3) is 0 Å². The van der Waals surface area contributed by atoms with Gasteiger partial charge in [0.05, 0.1) is 0 Å². The van der Waals surface area contributed by atoms with E-state index in [1.54, 1.807) is 6.07 Å². The van der Waals surface area contributed by atoms with Gasteiger partial charge in [0.2, 0.25) is 11.1 Å². The predicted molar refractivity (Wildman–Crippen MR) is 57.5 cm³/mol. The average molecular weight is 234 g/mol. The van der Waals surface area contributed by atoms with E-state index in [0.717, 1.165) is 0 Å². The van der Waals surface area contributed by atoms with Gasteiger partial charge in [-0.3, -0.25) is 4.21 Å². The maximum absolute atomic E-state index is 10.9. The summed E-state index contributed by atoms with van der Waals surface area (Å²) in [4.78, 5) is 2.99. The third-order valence-corrected chi connectivity index (χ3v) is 2.97. The number of rotatable bonds is 1. The number of aromatic hydroxyl groups is 1. The van der Waals surface area contributed by atoms with Crippen molar-refractivity contribution < 1.29 is 13.9 Å². The summed E-state index contributed by atoms with van der Waals surface area (Å²) in [5.74, 6) is -0.243. The lowest BCUT2D eigenvalue weighted by atomic mass is 10.1. The largest absolute Gasteiger partial charge is 0.768 e. The van der Waals surface area contributed by atoms with Gasteiger partial charge >= 0.3 is 5.69 Å². The molecule has 0 fully saturated rings. The summed E-state index contributed by atoms with van der Waals surface area (Å²) in [5, 5.41) is 19.0. The Kier molecular flexibility index (Phi) is 2.56. The highest BCUT2D eigenvalue weighted by molar-refractivity contribution is 7.79. The summed E-state index contributed by atoms with van der Waals surface area (Å²) in [6, 6.07) is 7.31. The molecule has 0 aliphatic rings. The molecule has 0 saturated carbocycles. The van der Waals surface area contributed by atoms with Crippen molar-refractivity contribution in [2.45, 2.75) is 4.90 Å². The van der Waals surface area contributed by atoms with Gasteiger partial charge in [0.15, 0.2) is 4.98 Å². The zero-order valence-electron chi connectivity index (χ0n) is 7.95. The highest BCUT2D eigenvalue weighted by Gasteiger charge is 2.17. The molecule has 2 rings (SSSR count). The number of hydrogen-bond acceptors (Lipinski definition) is 4. The summed E-state index contributed by atoms with van der Waals surface area (Å²) in [7, 11) is 0. The Morgan fingerprint density at radius 3 is 2.62 bits per heavy atom. The van der Waals surface area contributed by atoms with E-state index >= 15 is 0 Å². The Morgan fingerprint density at radius 1 is 1.25 bits per heavy atom. The number of nitrogens with zero attached hydrogens (tertiary/aromatic N) is 2. The van der Waals surface area contributed by atoms with Crippen LogP contribution in [0.4, 0.5) is 5.69 Å². The van der Waals surface area contributed by atoms with Crippen molar-refractivity contribution in [3.63, 3.8) is 0 Å². The Hall–Kier alpha value is -1.97. The van der Waals surface area contributed by atoms with E-state index in [0.29, 0.717) is 10.8 Å².